The van der Waals surface area contributed by atoms with Crippen LogP contribution in [0.25, 0.3) is 38.6 Å². The van der Waals surface area contributed by atoms with Crippen molar-refractivity contribution in [3.63, 3.8) is 0 Å². The van der Waals surface area contributed by atoms with Crippen LogP contribution in [-0.2, 0) is 0 Å². The number of carbonyl (C=O) groups excluding carboxylic acids is 4. The van der Waals surface area contributed by atoms with E-state index in [0.717, 1.165) is 66.1 Å². The molecule has 0 spiro atoms. The van der Waals surface area contributed by atoms with Crippen molar-refractivity contribution in [1.29, 1.82) is 0 Å². The molecular formula is C54H36N4O5. The average Bonchev–Trinajstić information content (AvgIpc) is 3.85. The highest BCUT2D eigenvalue weighted by atomic mass is 16.5. The minimum atomic E-state index is -0.469. The van der Waals surface area contributed by atoms with Gasteiger partial charge < -0.3 is 14.2 Å². The lowest BCUT2D eigenvalue weighted by Crippen LogP contribution is -2.29. The summed E-state index contributed by atoms with van der Waals surface area (Å²) in [5, 5.41) is 1.89. The van der Waals surface area contributed by atoms with Crippen molar-refractivity contribution in [2.45, 2.75) is 6.92 Å². The Morgan fingerprint density at radius 2 is 0.968 bits per heavy atom. The Labute approximate surface area is 362 Å². The topological polar surface area (TPSA) is 92.2 Å². The maximum atomic E-state index is 14.1. The van der Waals surface area contributed by atoms with Crippen LogP contribution in [0.4, 0.5) is 22.7 Å². The number of rotatable bonds is 8. The molecule has 11 rings (SSSR count). The number of ether oxygens (including phenoxy) is 1. The predicted molar refractivity (Wildman–Crippen MR) is 246 cm³/mol. The zero-order valence-electron chi connectivity index (χ0n) is 34.2. The van der Waals surface area contributed by atoms with Crippen molar-refractivity contribution >= 4 is 68.2 Å². The molecule has 0 bridgehead atoms. The Balaban J connectivity index is 0.944. The van der Waals surface area contributed by atoms with E-state index in [1.165, 1.54) is 18.0 Å². The van der Waals surface area contributed by atoms with Crippen LogP contribution in [-0.4, -0.2) is 40.1 Å². The maximum absolute atomic E-state index is 14.1. The molecule has 302 valence electrons. The number of carbonyl (C=O) groups is 4. The number of anilines is 4. The Kier molecular flexibility index (Phi) is 8.66. The molecule has 0 fully saturated rings. The van der Waals surface area contributed by atoms with Crippen molar-refractivity contribution in [1.82, 2.24) is 9.47 Å². The van der Waals surface area contributed by atoms with Crippen LogP contribution >= 0.6 is 0 Å². The van der Waals surface area contributed by atoms with Gasteiger partial charge in [-0.25, -0.2) is 4.90 Å². The molecule has 9 aromatic rings. The number of aryl methyl sites for hydroxylation is 1. The first-order chi connectivity index (χ1) is 30.7. The van der Waals surface area contributed by atoms with Crippen molar-refractivity contribution in [3.05, 3.63) is 210 Å². The van der Waals surface area contributed by atoms with Crippen molar-refractivity contribution in [2.24, 2.45) is 0 Å². The average molecular weight is 821 g/mol. The van der Waals surface area contributed by atoms with Gasteiger partial charge in [-0.2, -0.15) is 0 Å². The standard InChI is InChI=1S/C54H36N4O5/c1-33-17-27-49-44(29-33)45-30-38(57-53(61)43-26-24-40(32-47(43)54(57)62)63-39-23-25-42-46(31-39)52(60)55(2)51(42)59)22-28-50(45)58(49)48-16-10-9-15-41(48)34-18-20-37(21-19-34)56(35-11-5-3-6-12-35)36-13-7-4-8-14-36/h3-32H,1-2H3. The molecule has 9 nitrogen and oxygen atoms in total. The van der Waals surface area contributed by atoms with Crippen LogP contribution < -0.4 is 14.5 Å². The molecule has 0 unspecified atom stereocenters. The first-order valence-electron chi connectivity index (χ1n) is 20.6. The van der Waals surface area contributed by atoms with E-state index in [2.05, 4.69) is 101 Å². The normalized spacial score (nSPS) is 13.3. The SMILES string of the molecule is Cc1ccc2c(c1)c1cc(N3C(=O)c4ccc(Oc5ccc6c(c5)C(=O)N(C)C6=O)cc4C3=O)ccc1n2-c1ccccc1-c1ccc(N(c2ccccc2)c2ccccc2)cc1. The van der Waals surface area contributed by atoms with Gasteiger partial charge in [0.25, 0.3) is 23.6 Å². The van der Waals surface area contributed by atoms with Crippen molar-refractivity contribution in [3.8, 4) is 28.3 Å². The largest absolute Gasteiger partial charge is 0.457 e. The Morgan fingerprint density at radius 1 is 0.444 bits per heavy atom. The van der Waals surface area contributed by atoms with Gasteiger partial charge in [-0.05, 0) is 122 Å². The Hall–Kier alpha value is -8.56. The number of benzene rings is 8. The smallest absolute Gasteiger partial charge is 0.266 e. The second kappa shape index (κ2) is 14.6. The van der Waals surface area contributed by atoms with E-state index in [1.807, 2.05) is 60.7 Å². The van der Waals surface area contributed by atoms with Gasteiger partial charge >= 0.3 is 0 Å². The Bertz CT molecular complexity index is 3340. The number of hydrogen-bond donors (Lipinski definition) is 0. The van der Waals surface area contributed by atoms with Gasteiger partial charge in [0.2, 0.25) is 0 Å². The number of aromatic nitrogens is 1. The fraction of sp³-hybridized carbons (Fsp3) is 0.0370. The van der Waals surface area contributed by atoms with E-state index < -0.39 is 17.7 Å². The molecule has 0 saturated heterocycles. The molecule has 4 amide bonds. The highest BCUT2D eigenvalue weighted by Gasteiger charge is 2.38. The highest BCUT2D eigenvalue weighted by molar-refractivity contribution is 6.35. The lowest BCUT2D eigenvalue weighted by molar-refractivity contribution is 0.0692. The summed E-state index contributed by atoms with van der Waals surface area (Å²) in [7, 11) is 1.43. The summed E-state index contributed by atoms with van der Waals surface area (Å²) >= 11 is 0. The molecule has 2 aliphatic rings. The lowest BCUT2D eigenvalue weighted by Gasteiger charge is -2.25. The van der Waals surface area contributed by atoms with E-state index >= 15 is 0 Å². The molecule has 1 aromatic heterocycles. The fourth-order valence-corrected chi connectivity index (χ4v) is 8.89. The van der Waals surface area contributed by atoms with Crippen molar-refractivity contribution in [2.75, 3.05) is 16.8 Å². The second-order valence-corrected chi connectivity index (χ2v) is 15.8. The first kappa shape index (κ1) is 37.4. The summed E-state index contributed by atoms with van der Waals surface area (Å²) in [5.74, 6) is -1.05. The highest BCUT2D eigenvalue weighted by Crippen LogP contribution is 2.41. The number of imide groups is 2. The molecule has 0 N–H and O–H groups in total. The van der Waals surface area contributed by atoms with Crippen molar-refractivity contribution < 1.29 is 23.9 Å². The first-order valence-corrected chi connectivity index (χ1v) is 20.6. The molecule has 0 atom stereocenters. The number of nitrogens with zero attached hydrogens (tertiary/aromatic N) is 4. The van der Waals surface area contributed by atoms with Crippen LogP contribution in [0.1, 0.15) is 47.0 Å². The van der Waals surface area contributed by atoms with Crippen LogP contribution in [0, 0.1) is 6.92 Å². The molecule has 0 aliphatic carbocycles. The van der Waals surface area contributed by atoms with E-state index in [0.29, 0.717) is 22.7 Å². The number of hydrogen-bond acceptors (Lipinski definition) is 6. The zero-order valence-corrected chi connectivity index (χ0v) is 34.2. The summed E-state index contributed by atoms with van der Waals surface area (Å²) in [4.78, 5) is 57.6. The summed E-state index contributed by atoms with van der Waals surface area (Å²) in [6, 6.07) is 59.2. The molecular weight excluding hydrogens is 785 g/mol. The van der Waals surface area contributed by atoms with Gasteiger partial charge in [-0.15, -0.1) is 0 Å². The molecule has 0 saturated carbocycles. The lowest BCUT2D eigenvalue weighted by atomic mass is 10.0. The predicted octanol–water partition coefficient (Wildman–Crippen LogP) is 12.0. The quantitative estimate of drug-likeness (QED) is 0.142. The monoisotopic (exact) mass is 820 g/mol. The molecule has 63 heavy (non-hydrogen) atoms. The van der Waals surface area contributed by atoms with Crippen LogP contribution in [0.3, 0.4) is 0 Å². The Morgan fingerprint density at radius 3 is 1.63 bits per heavy atom. The van der Waals surface area contributed by atoms with E-state index in [-0.39, 0.29) is 22.6 Å². The summed E-state index contributed by atoms with van der Waals surface area (Å²) in [6.45, 7) is 2.05. The van der Waals surface area contributed by atoms with Gasteiger partial charge in [-0.3, -0.25) is 24.1 Å². The summed E-state index contributed by atoms with van der Waals surface area (Å²) < 4.78 is 8.31. The zero-order chi connectivity index (χ0) is 42.9. The summed E-state index contributed by atoms with van der Waals surface area (Å²) in [5.41, 5.74) is 10.7. The van der Waals surface area contributed by atoms with Gasteiger partial charge in [0.1, 0.15) is 11.5 Å². The van der Waals surface area contributed by atoms with Gasteiger partial charge in [0.15, 0.2) is 0 Å². The maximum Gasteiger partial charge on any atom is 0.266 e. The third-order valence-electron chi connectivity index (χ3n) is 11.9. The van der Waals surface area contributed by atoms with Crippen LogP contribution in [0.15, 0.2) is 182 Å². The van der Waals surface area contributed by atoms with Crippen LogP contribution in [0.2, 0.25) is 0 Å². The van der Waals surface area contributed by atoms with E-state index in [9.17, 15) is 19.2 Å². The van der Waals surface area contributed by atoms with Crippen LogP contribution in [0.5, 0.6) is 11.5 Å². The molecule has 0 radical (unpaired) electrons. The molecule has 3 heterocycles. The molecule has 9 heteroatoms. The third kappa shape index (κ3) is 6.09. The second-order valence-electron chi connectivity index (χ2n) is 15.8. The summed E-state index contributed by atoms with van der Waals surface area (Å²) in [6.07, 6.45) is 0. The van der Waals surface area contributed by atoms with Gasteiger partial charge in [0, 0.05) is 40.4 Å². The number of amides is 4. The molecule has 2 aliphatic heterocycles. The third-order valence-corrected chi connectivity index (χ3v) is 11.9. The fourth-order valence-electron chi connectivity index (χ4n) is 8.89. The number of fused-ring (bicyclic) bond motifs is 5. The minimum absolute atomic E-state index is 0.207. The van der Waals surface area contributed by atoms with E-state index in [4.69, 9.17) is 4.74 Å². The number of para-hydroxylation sites is 3. The van der Waals surface area contributed by atoms with E-state index in [1.54, 1.807) is 30.3 Å². The van der Waals surface area contributed by atoms with Gasteiger partial charge in [-0.1, -0.05) is 78.4 Å². The molecule has 8 aromatic carbocycles. The minimum Gasteiger partial charge on any atom is -0.457 e. The van der Waals surface area contributed by atoms with Gasteiger partial charge in [0.05, 0.1) is 44.7 Å².